The van der Waals surface area contributed by atoms with E-state index in [0.29, 0.717) is 30.6 Å². The standard InChI is InChI=1S/C38H56Cl3N5O7Si/c1-22(2)32(34(49)42-23(3)35(50)46-19-11-12-30(45-46)36(51)52-21-38(39,40)41)44-33(48)28(25(5)53-54(9,10)37(6,7)8)17-14-26-13-15-27-16-18-29(24(4)47)43-31(27)20-26/h13-18,20,22-25,28,30,32,45,47H,11-12,19,21H2,1-10H3,(H,42,49)(H,44,48)/t23-,24+,25-,28?,30-,32-/m0/s1. The Morgan fingerprint density at radius 3 is 2.28 bits per heavy atom. The maximum Gasteiger partial charge on any atom is 0.325 e. The van der Waals surface area contributed by atoms with E-state index in [-0.39, 0.29) is 11.0 Å². The summed E-state index contributed by atoms with van der Waals surface area (Å²) < 4.78 is 9.99. The fraction of sp³-hybridized carbons (Fsp3) is 0.605. The lowest BCUT2D eigenvalue weighted by molar-refractivity contribution is -0.152. The molecule has 0 bridgehead atoms. The summed E-state index contributed by atoms with van der Waals surface area (Å²) in [6, 6.07) is 6.62. The number of aliphatic hydroxyl groups excluding tert-OH is 1. The van der Waals surface area contributed by atoms with Crippen molar-refractivity contribution in [2.24, 2.45) is 11.8 Å². The molecule has 0 aliphatic carbocycles. The SMILES string of the molecule is CC(C)[C@H](NC(=O)C(C=Cc1ccc2ccc([C@@H](C)O)nc2c1)[C@H](C)O[Si](C)(C)C(C)(C)C)C(=O)N[C@@H](C)C(=O)N1CCC[C@@H](C(=O)OCC(Cl)(Cl)Cl)N1. The van der Waals surface area contributed by atoms with Crippen molar-refractivity contribution in [2.45, 2.75) is 120 Å². The van der Waals surface area contributed by atoms with Crippen molar-refractivity contribution in [1.29, 1.82) is 0 Å². The van der Waals surface area contributed by atoms with Crippen LogP contribution in [0.3, 0.4) is 0 Å². The molecular weight excluding hydrogens is 773 g/mol. The molecule has 1 unspecified atom stereocenters. The van der Waals surface area contributed by atoms with Crippen molar-refractivity contribution in [2.75, 3.05) is 13.2 Å². The molecule has 1 saturated heterocycles. The number of hydrogen-bond acceptors (Lipinski definition) is 9. The Labute approximate surface area is 335 Å². The molecule has 1 fully saturated rings. The van der Waals surface area contributed by atoms with Gasteiger partial charge in [-0.15, -0.1) is 0 Å². The fourth-order valence-electron chi connectivity index (χ4n) is 5.62. The first-order chi connectivity index (χ1) is 24.9. The van der Waals surface area contributed by atoms with Crippen LogP contribution in [0.25, 0.3) is 17.0 Å². The second-order valence-electron chi connectivity index (χ2n) is 15.8. The molecule has 2 aromatic rings. The Hall–Kier alpha value is -2.78. The first-order valence-electron chi connectivity index (χ1n) is 18.3. The molecule has 300 valence electrons. The molecule has 1 aliphatic rings. The van der Waals surface area contributed by atoms with Crippen molar-refractivity contribution in [3.05, 3.63) is 47.7 Å². The van der Waals surface area contributed by atoms with Gasteiger partial charge >= 0.3 is 5.97 Å². The minimum atomic E-state index is -2.32. The van der Waals surface area contributed by atoms with Crippen LogP contribution in [0.4, 0.5) is 0 Å². The van der Waals surface area contributed by atoms with E-state index < -0.39 is 78.7 Å². The van der Waals surface area contributed by atoms with Crippen molar-refractivity contribution in [3.8, 4) is 0 Å². The Morgan fingerprint density at radius 2 is 1.69 bits per heavy atom. The van der Waals surface area contributed by atoms with Gasteiger partial charge in [-0.1, -0.05) is 99.8 Å². The van der Waals surface area contributed by atoms with E-state index in [1.54, 1.807) is 32.9 Å². The third-order valence-electron chi connectivity index (χ3n) is 9.85. The number of nitrogens with zero attached hydrogens (tertiary/aromatic N) is 2. The number of carbonyl (C=O) groups excluding carboxylic acids is 4. The number of fused-ring (bicyclic) bond motifs is 1. The third-order valence-corrected chi connectivity index (χ3v) is 14.7. The quantitative estimate of drug-likeness (QED) is 0.0963. The number of halogens is 3. The molecule has 54 heavy (non-hydrogen) atoms. The highest BCUT2D eigenvalue weighted by Gasteiger charge is 2.41. The Kier molecular flexibility index (Phi) is 16.0. The summed E-state index contributed by atoms with van der Waals surface area (Å²) in [7, 11) is -2.32. The van der Waals surface area contributed by atoms with Crippen molar-refractivity contribution < 1.29 is 33.4 Å². The molecule has 2 heterocycles. The number of aliphatic hydroxyl groups is 1. The number of pyridine rings is 1. The molecule has 0 radical (unpaired) electrons. The maximum absolute atomic E-state index is 14.2. The lowest BCUT2D eigenvalue weighted by Crippen LogP contribution is -2.61. The average molecular weight is 829 g/mol. The van der Waals surface area contributed by atoms with Crippen LogP contribution in [-0.2, 0) is 28.3 Å². The van der Waals surface area contributed by atoms with Crippen LogP contribution in [0.1, 0.15) is 85.6 Å². The zero-order chi connectivity index (χ0) is 40.8. The van der Waals surface area contributed by atoms with Crippen LogP contribution in [0, 0.1) is 11.8 Å². The summed E-state index contributed by atoms with van der Waals surface area (Å²) in [5, 5.41) is 17.8. The van der Waals surface area contributed by atoms with E-state index in [9.17, 15) is 24.3 Å². The van der Waals surface area contributed by atoms with Gasteiger partial charge in [-0.3, -0.25) is 29.2 Å². The molecular formula is C38H56Cl3N5O7Si. The Bertz CT molecular complexity index is 1680. The number of aromatic nitrogens is 1. The number of amides is 3. The number of hydrazine groups is 1. The van der Waals surface area contributed by atoms with E-state index >= 15 is 0 Å². The topological polar surface area (TPSA) is 159 Å². The number of ether oxygens (including phenoxy) is 1. The number of carbonyl (C=O) groups is 4. The van der Waals surface area contributed by atoms with Crippen molar-refractivity contribution in [1.82, 2.24) is 26.1 Å². The summed E-state index contributed by atoms with van der Waals surface area (Å²) >= 11 is 17.1. The highest BCUT2D eigenvalue weighted by atomic mass is 35.6. The summed E-state index contributed by atoms with van der Waals surface area (Å²) in [4.78, 5) is 58.4. The van der Waals surface area contributed by atoms with E-state index in [0.717, 1.165) is 10.9 Å². The zero-order valence-electron chi connectivity index (χ0n) is 32.8. The van der Waals surface area contributed by atoms with Crippen LogP contribution in [-0.4, -0.2) is 88.3 Å². The van der Waals surface area contributed by atoms with Gasteiger partial charge in [0, 0.05) is 11.9 Å². The second kappa shape index (κ2) is 18.9. The minimum absolute atomic E-state index is 0.116. The Balaban J connectivity index is 1.80. The fourth-order valence-corrected chi connectivity index (χ4v) is 7.22. The molecule has 3 rings (SSSR count). The van der Waals surface area contributed by atoms with E-state index in [1.807, 2.05) is 37.3 Å². The van der Waals surface area contributed by atoms with Crippen LogP contribution >= 0.6 is 34.8 Å². The van der Waals surface area contributed by atoms with Gasteiger partial charge in [0.2, 0.25) is 15.6 Å². The van der Waals surface area contributed by atoms with Gasteiger partial charge < -0.3 is 24.9 Å². The highest BCUT2D eigenvalue weighted by molar-refractivity contribution is 6.74. The van der Waals surface area contributed by atoms with Gasteiger partial charge in [0.05, 0.1) is 29.3 Å². The summed E-state index contributed by atoms with van der Waals surface area (Å²) in [5.41, 5.74) is 4.92. The number of hydrogen-bond donors (Lipinski definition) is 4. The molecule has 12 nitrogen and oxygen atoms in total. The van der Waals surface area contributed by atoms with Crippen molar-refractivity contribution >= 4 is 83.8 Å². The molecule has 0 spiro atoms. The number of esters is 1. The zero-order valence-corrected chi connectivity index (χ0v) is 36.1. The van der Waals surface area contributed by atoms with E-state index in [2.05, 4.69) is 54.9 Å². The highest BCUT2D eigenvalue weighted by Crippen LogP contribution is 2.38. The predicted octanol–water partition coefficient (Wildman–Crippen LogP) is 6.38. The largest absolute Gasteiger partial charge is 0.460 e. The van der Waals surface area contributed by atoms with Crippen LogP contribution < -0.4 is 16.1 Å². The lowest BCUT2D eigenvalue weighted by Gasteiger charge is -2.40. The first kappa shape index (κ1) is 45.6. The van der Waals surface area contributed by atoms with Gasteiger partial charge in [-0.05, 0) is 75.4 Å². The average Bonchev–Trinajstić information content (AvgIpc) is 3.07. The molecule has 1 aromatic heterocycles. The lowest BCUT2D eigenvalue weighted by atomic mass is 9.97. The molecule has 6 atom stereocenters. The number of nitrogens with one attached hydrogen (secondary N) is 3. The van der Waals surface area contributed by atoms with Crippen LogP contribution in [0.15, 0.2) is 36.4 Å². The molecule has 1 aromatic carbocycles. The summed E-state index contributed by atoms with van der Waals surface area (Å²) in [6.45, 7) is 19.1. The first-order valence-corrected chi connectivity index (χ1v) is 22.3. The summed E-state index contributed by atoms with van der Waals surface area (Å²) in [6.07, 6.45) is 3.26. The van der Waals surface area contributed by atoms with E-state index in [4.69, 9.17) is 44.0 Å². The van der Waals surface area contributed by atoms with Crippen LogP contribution in [0.2, 0.25) is 18.1 Å². The summed E-state index contributed by atoms with van der Waals surface area (Å²) in [5.74, 6) is -3.21. The van der Waals surface area contributed by atoms with Gasteiger partial charge in [0.15, 0.2) is 8.32 Å². The third kappa shape index (κ3) is 12.9. The molecule has 1 aliphatic heterocycles. The molecule has 4 N–H and O–H groups in total. The predicted molar refractivity (Wildman–Crippen MR) is 216 cm³/mol. The minimum Gasteiger partial charge on any atom is -0.460 e. The normalized spacial score (nSPS) is 18.6. The van der Waals surface area contributed by atoms with Gasteiger partial charge in [-0.2, -0.15) is 0 Å². The van der Waals surface area contributed by atoms with Gasteiger partial charge in [-0.25, -0.2) is 5.43 Å². The maximum atomic E-state index is 14.2. The Morgan fingerprint density at radius 1 is 1.04 bits per heavy atom. The van der Waals surface area contributed by atoms with Gasteiger partial charge in [0.1, 0.15) is 24.7 Å². The number of benzene rings is 1. The molecule has 3 amide bonds. The number of alkyl halides is 3. The van der Waals surface area contributed by atoms with E-state index in [1.165, 1.54) is 11.9 Å². The monoisotopic (exact) mass is 827 g/mol. The van der Waals surface area contributed by atoms with Gasteiger partial charge in [0.25, 0.3) is 5.91 Å². The molecule has 0 saturated carbocycles. The molecule has 16 heteroatoms. The number of rotatable bonds is 14. The second-order valence-corrected chi connectivity index (χ2v) is 23.1. The smallest absolute Gasteiger partial charge is 0.325 e. The van der Waals surface area contributed by atoms with Crippen LogP contribution in [0.5, 0.6) is 0 Å². The van der Waals surface area contributed by atoms with Crippen molar-refractivity contribution in [3.63, 3.8) is 0 Å².